The van der Waals surface area contributed by atoms with Crippen molar-refractivity contribution in [1.82, 2.24) is 0 Å². The van der Waals surface area contributed by atoms with Crippen LogP contribution in [0.15, 0.2) is 0 Å². The zero-order valence-corrected chi connectivity index (χ0v) is 10.0. The van der Waals surface area contributed by atoms with E-state index in [0.717, 1.165) is 4.43 Å². The average Bonchev–Trinajstić information content (AvgIpc) is 2.05. The summed E-state index contributed by atoms with van der Waals surface area (Å²) >= 11 is 2.10. The summed E-state index contributed by atoms with van der Waals surface area (Å²) in [4.78, 5) is 9.60. The van der Waals surface area contributed by atoms with Crippen LogP contribution in [0.25, 0.3) is 0 Å². The van der Waals surface area contributed by atoms with Gasteiger partial charge in [-0.3, -0.25) is 0 Å². The third-order valence-electron chi connectivity index (χ3n) is 0.763. The number of rotatable bonds is 2. The Morgan fingerprint density at radius 3 is 2.36 bits per heavy atom. The predicted octanol–water partition coefficient (Wildman–Crippen LogP) is 0.227. The van der Waals surface area contributed by atoms with Gasteiger partial charge in [-0.05, 0) is 6.92 Å². The molecule has 0 spiro atoms. The van der Waals surface area contributed by atoms with Crippen LogP contribution in [0.4, 0.5) is 4.79 Å². The quantitative estimate of drug-likeness (QED) is 0.294. The summed E-state index contributed by atoms with van der Waals surface area (Å²) in [6.45, 7) is 2.06. The highest BCUT2D eigenvalue weighted by molar-refractivity contribution is 14.1. The minimum Gasteiger partial charge on any atom is -0.450 e. The maximum Gasteiger partial charge on any atom is 0.404 e. The number of alkyl halides is 1. The van der Waals surface area contributed by atoms with Crippen LogP contribution in [-0.4, -0.2) is 33.6 Å². The molecule has 0 unspecified atom stereocenters. The zero-order valence-electron chi connectivity index (χ0n) is 7.86. The minimum absolute atomic E-state index is 0.156. The SMILES string of the molecule is CCOC(N)=O.OC(O)CC#CCI. The number of carbonyl (C=O) groups is 1. The molecule has 0 bridgehead atoms. The molecule has 82 valence electrons. The van der Waals surface area contributed by atoms with Crippen LogP contribution in [-0.2, 0) is 4.74 Å². The van der Waals surface area contributed by atoms with E-state index < -0.39 is 12.4 Å². The topological polar surface area (TPSA) is 92.8 Å². The number of amides is 1. The van der Waals surface area contributed by atoms with E-state index in [1.165, 1.54) is 0 Å². The fourth-order valence-electron chi connectivity index (χ4n) is 0.353. The number of carbonyl (C=O) groups excluding carboxylic acids is 1. The predicted molar refractivity (Wildman–Crippen MR) is 60.7 cm³/mol. The van der Waals surface area contributed by atoms with E-state index in [9.17, 15) is 4.79 Å². The summed E-state index contributed by atoms with van der Waals surface area (Å²) in [6.07, 6.45) is -1.83. The molecule has 0 rings (SSSR count). The molecule has 1 amide bonds. The van der Waals surface area contributed by atoms with E-state index in [-0.39, 0.29) is 6.42 Å². The molecule has 0 fully saturated rings. The summed E-state index contributed by atoms with van der Waals surface area (Å²) in [5, 5.41) is 16.5. The molecule has 0 aromatic rings. The van der Waals surface area contributed by atoms with Crippen molar-refractivity contribution in [3.8, 4) is 11.8 Å². The minimum atomic E-state index is -1.27. The molecule has 0 radical (unpaired) electrons. The monoisotopic (exact) mass is 315 g/mol. The lowest BCUT2D eigenvalue weighted by molar-refractivity contribution is -0.0344. The summed E-state index contributed by atoms with van der Waals surface area (Å²) in [5.74, 6) is 5.27. The largest absolute Gasteiger partial charge is 0.450 e. The molecule has 0 heterocycles. The lowest BCUT2D eigenvalue weighted by Crippen LogP contribution is -2.11. The number of halogens is 1. The first kappa shape index (κ1) is 15.9. The standard InChI is InChI=1S/C5H7IO2.C3H7NO2/c6-4-2-1-3-5(7)8;1-2-6-3(4)5/h5,7-8H,3-4H2;2H2,1H3,(H2,4,5). The maximum atomic E-state index is 9.60. The van der Waals surface area contributed by atoms with Gasteiger partial charge < -0.3 is 20.7 Å². The van der Waals surface area contributed by atoms with Crippen LogP contribution in [0.2, 0.25) is 0 Å². The number of primary amides is 1. The smallest absolute Gasteiger partial charge is 0.404 e. The second kappa shape index (κ2) is 12.5. The highest BCUT2D eigenvalue weighted by Gasteiger charge is 1.88. The van der Waals surface area contributed by atoms with Crippen molar-refractivity contribution in [2.75, 3.05) is 11.0 Å². The van der Waals surface area contributed by atoms with E-state index in [0.29, 0.717) is 6.61 Å². The molecule has 0 aliphatic rings. The molecule has 5 nitrogen and oxygen atoms in total. The normalized spacial score (nSPS) is 8.07. The third-order valence-corrected chi connectivity index (χ3v) is 1.14. The van der Waals surface area contributed by atoms with E-state index >= 15 is 0 Å². The molecule has 0 aromatic carbocycles. The molecule has 0 saturated carbocycles. The molecular formula is C8H14INO4. The van der Waals surface area contributed by atoms with Gasteiger partial charge >= 0.3 is 6.09 Å². The van der Waals surface area contributed by atoms with Crippen LogP contribution in [0.3, 0.4) is 0 Å². The Kier molecular flexibility index (Phi) is 14.2. The van der Waals surface area contributed by atoms with Gasteiger partial charge in [-0.25, -0.2) is 4.79 Å². The molecular weight excluding hydrogens is 301 g/mol. The van der Waals surface area contributed by atoms with Gasteiger partial charge in [0.05, 0.1) is 17.5 Å². The first-order chi connectivity index (χ1) is 6.54. The maximum absolute atomic E-state index is 9.60. The van der Waals surface area contributed by atoms with Crippen LogP contribution in [0.1, 0.15) is 13.3 Å². The van der Waals surface area contributed by atoms with E-state index in [1.807, 2.05) is 0 Å². The highest BCUT2D eigenvalue weighted by atomic mass is 127. The molecule has 0 saturated heterocycles. The van der Waals surface area contributed by atoms with Crippen molar-refractivity contribution in [1.29, 1.82) is 0 Å². The van der Waals surface area contributed by atoms with E-state index in [1.54, 1.807) is 6.92 Å². The number of hydrogen-bond donors (Lipinski definition) is 3. The van der Waals surface area contributed by atoms with Crippen molar-refractivity contribution in [3.63, 3.8) is 0 Å². The van der Waals surface area contributed by atoms with E-state index in [4.69, 9.17) is 10.2 Å². The zero-order chi connectivity index (χ0) is 11.4. The van der Waals surface area contributed by atoms with Gasteiger partial charge in [-0.1, -0.05) is 34.4 Å². The van der Waals surface area contributed by atoms with Gasteiger partial charge in [0.15, 0.2) is 6.29 Å². The first-order valence-electron chi connectivity index (χ1n) is 3.84. The van der Waals surface area contributed by atoms with Crippen molar-refractivity contribution >= 4 is 28.7 Å². The Morgan fingerprint density at radius 2 is 2.14 bits per heavy atom. The van der Waals surface area contributed by atoms with E-state index in [2.05, 4.69) is 44.9 Å². The third kappa shape index (κ3) is 22.5. The second-order valence-corrected chi connectivity index (χ2v) is 2.69. The second-order valence-electron chi connectivity index (χ2n) is 1.92. The van der Waals surface area contributed by atoms with Crippen molar-refractivity contribution < 1.29 is 19.7 Å². The molecule has 0 aliphatic carbocycles. The number of hydrogen-bond acceptors (Lipinski definition) is 4. The Bertz CT molecular complexity index is 197. The number of aliphatic hydroxyl groups is 2. The van der Waals surface area contributed by atoms with Crippen LogP contribution >= 0.6 is 22.6 Å². The molecule has 0 atom stereocenters. The molecule has 4 N–H and O–H groups in total. The summed E-state index contributed by atoms with van der Waals surface area (Å²) < 4.78 is 4.92. The van der Waals surface area contributed by atoms with Gasteiger partial charge in [0.25, 0.3) is 0 Å². The van der Waals surface area contributed by atoms with Crippen molar-refractivity contribution in [2.45, 2.75) is 19.6 Å². The Hall–Kier alpha value is -0.520. The summed E-state index contributed by atoms with van der Waals surface area (Å²) in [7, 11) is 0. The average molecular weight is 315 g/mol. The molecule has 14 heavy (non-hydrogen) atoms. The Labute approximate surface area is 96.8 Å². The van der Waals surface area contributed by atoms with Crippen molar-refractivity contribution in [3.05, 3.63) is 0 Å². The van der Waals surface area contributed by atoms with Gasteiger partial charge in [-0.2, -0.15) is 0 Å². The van der Waals surface area contributed by atoms with Gasteiger partial charge in [-0.15, -0.1) is 0 Å². The highest BCUT2D eigenvalue weighted by Crippen LogP contribution is 1.82. The fourth-order valence-corrected chi connectivity index (χ4v) is 0.623. The molecule has 0 aliphatic heterocycles. The van der Waals surface area contributed by atoms with Crippen molar-refractivity contribution in [2.24, 2.45) is 5.73 Å². The van der Waals surface area contributed by atoms with Gasteiger partial charge in [0, 0.05) is 0 Å². The molecule has 0 aromatic heterocycles. The first-order valence-corrected chi connectivity index (χ1v) is 5.37. The van der Waals surface area contributed by atoms with Crippen LogP contribution < -0.4 is 5.73 Å². The number of ether oxygens (including phenoxy) is 1. The van der Waals surface area contributed by atoms with Gasteiger partial charge in [0.1, 0.15) is 0 Å². The number of aliphatic hydroxyl groups excluding tert-OH is 1. The lowest BCUT2D eigenvalue weighted by Gasteiger charge is -1.90. The molecule has 6 heteroatoms. The Balaban J connectivity index is 0. The van der Waals surface area contributed by atoms with Gasteiger partial charge in [0.2, 0.25) is 0 Å². The van der Waals surface area contributed by atoms with Crippen LogP contribution in [0.5, 0.6) is 0 Å². The Morgan fingerprint density at radius 1 is 1.57 bits per heavy atom. The summed E-state index contributed by atoms with van der Waals surface area (Å²) in [6, 6.07) is 0. The summed E-state index contributed by atoms with van der Waals surface area (Å²) in [5.41, 5.74) is 4.54. The number of nitrogens with two attached hydrogens (primary N) is 1. The lowest BCUT2D eigenvalue weighted by atomic mass is 10.4. The van der Waals surface area contributed by atoms with Crippen LogP contribution in [0, 0.1) is 11.8 Å². The fraction of sp³-hybridized carbons (Fsp3) is 0.625.